The molecule has 2 aromatic rings. The number of phenols is 1. The fourth-order valence-corrected chi connectivity index (χ4v) is 5.71. The molecule has 0 amide bonds. The quantitative estimate of drug-likeness (QED) is 0.766. The first kappa shape index (κ1) is 18.5. The second-order valence-corrected chi connectivity index (χ2v) is 8.36. The Morgan fingerprint density at radius 1 is 1.11 bits per heavy atom. The topological polar surface area (TPSA) is 60.7 Å². The number of aliphatic hydroxyl groups is 2. The van der Waals surface area contributed by atoms with Gasteiger partial charge in [-0.3, -0.25) is 0 Å². The predicted molar refractivity (Wildman–Crippen MR) is 102 cm³/mol. The molecule has 3 nitrogen and oxygen atoms in total. The number of hydrogen-bond acceptors (Lipinski definition) is 3. The Bertz CT molecular complexity index is 839. The van der Waals surface area contributed by atoms with E-state index in [1.54, 1.807) is 24.3 Å². The highest BCUT2D eigenvalue weighted by atomic mass is 19.1. The zero-order valence-corrected chi connectivity index (χ0v) is 15.7. The second kappa shape index (κ2) is 6.32. The zero-order valence-electron chi connectivity index (χ0n) is 15.7. The van der Waals surface area contributed by atoms with Crippen molar-refractivity contribution in [2.75, 3.05) is 6.67 Å². The molecule has 3 N–H and O–H groups in total. The van der Waals surface area contributed by atoms with Crippen LogP contribution >= 0.6 is 0 Å². The third-order valence-corrected chi connectivity index (χ3v) is 7.19. The van der Waals surface area contributed by atoms with Crippen LogP contribution in [0.5, 0.6) is 5.75 Å². The van der Waals surface area contributed by atoms with Crippen LogP contribution in [0, 0.1) is 5.92 Å². The van der Waals surface area contributed by atoms with Crippen molar-refractivity contribution in [3.63, 3.8) is 0 Å². The summed E-state index contributed by atoms with van der Waals surface area (Å²) in [5.41, 5.74) is -1.14. The Balaban J connectivity index is 1.86. The van der Waals surface area contributed by atoms with Gasteiger partial charge in [-0.2, -0.15) is 0 Å². The van der Waals surface area contributed by atoms with Gasteiger partial charge in [-0.05, 0) is 66.8 Å². The Labute approximate surface area is 159 Å². The molecule has 2 aliphatic carbocycles. The van der Waals surface area contributed by atoms with Crippen molar-refractivity contribution in [1.82, 2.24) is 0 Å². The van der Waals surface area contributed by atoms with Gasteiger partial charge in [-0.15, -0.1) is 0 Å². The molecule has 4 atom stereocenters. The van der Waals surface area contributed by atoms with Gasteiger partial charge in [-0.25, -0.2) is 4.39 Å². The minimum Gasteiger partial charge on any atom is -0.508 e. The van der Waals surface area contributed by atoms with Gasteiger partial charge in [0.05, 0.1) is 0 Å². The lowest BCUT2D eigenvalue weighted by Gasteiger charge is -2.59. The maximum absolute atomic E-state index is 14.3. The molecule has 4 heteroatoms. The number of phenolic OH excluding ortho intramolecular Hbond substituents is 1. The van der Waals surface area contributed by atoms with Crippen molar-refractivity contribution in [2.24, 2.45) is 5.92 Å². The summed E-state index contributed by atoms with van der Waals surface area (Å²) in [6.07, 6.45) is 2.91. The molecule has 0 saturated heterocycles. The molecule has 4 unspecified atom stereocenters. The van der Waals surface area contributed by atoms with E-state index in [9.17, 15) is 19.7 Å². The van der Waals surface area contributed by atoms with E-state index in [0.717, 1.165) is 30.4 Å². The molecule has 0 spiro atoms. The molecule has 2 aromatic carbocycles. The zero-order chi connectivity index (χ0) is 19.3. The largest absolute Gasteiger partial charge is 0.508 e. The Morgan fingerprint density at radius 2 is 1.85 bits per heavy atom. The lowest BCUT2D eigenvalue weighted by Crippen LogP contribution is -2.64. The standard InChI is InChI=1S/C23H27FO3/c1-2-21-14-22(26,15-24)23(27,17-6-4-3-5-7-17)13-18(21)9-8-16-12-19(25)10-11-20(16)21/h3-7,10-12,18,25-27H,2,8-9,13-15H2,1H3. The normalized spacial score (nSPS) is 35.3. The summed E-state index contributed by atoms with van der Waals surface area (Å²) >= 11 is 0. The molecule has 1 saturated carbocycles. The number of hydrogen-bond donors (Lipinski definition) is 3. The van der Waals surface area contributed by atoms with Crippen LogP contribution in [0.1, 0.15) is 49.3 Å². The molecule has 1 fully saturated rings. The molecule has 4 rings (SSSR count). The number of rotatable bonds is 3. The highest BCUT2D eigenvalue weighted by Crippen LogP contribution is 2.60. The second-order valence-electron chi connectivity index (χ2n) is 8.36. The van der Waals surface area contributed by atoms with Gasteiger partial charge in [0.15, 0.2) is 0 Å². The Morgan fingerprint density at radius 3 is 2.52 bits per heavy atom. The Hall–Kier alpha value is -1.91. The van der Waals surface area contributed by atoms with Gasteiger partial charge >= 0.3 is 0 Å². The molecule has 0 heterocycles. The van der Waals surface area contributed by atoms with E-state index >= 15 is 0 Å². The van der Waals surface area contributed by atoms with Crippen molar-refractivity contribution in [2.45, 2.75) is 55.6 Å². The van der Waals surface area contributed by atoms with Crippen LogP contribution in [0.3, 0.4) is 0 Å². The van der Waals surface area contributed by atoms with Gasteiger partial charge in [0.1, 0.15) is 23.6 Å². The van der Waals surface area contributed by atoms with Gasteiger partial charge in [0, 0.05) is 5.41 Å². The highest BCUT2D eigenvalue weighted by molar-refractivity contribution is 5.45. The average Bonchev–Trinajstić information content (AvgIpc) is 2.69. The van der Waals surface area contributed by atoms with Crippen LogP contribution in [-0.2, 0) is 17.4 Å². The summed E-state index contributed by atoms with van der Waals surface area (Å²) in [6, 6.07) is 14.4. The van der Waals surface area contributed by atoms with Crippen LogP contribution < -0.4 is 0 Å². The first-order valence-electron chi connectivity index (χ1n) is 9.77. The molecule has 0 radical (unpaired) electrons. The van der Waals surface area contributed by atoms with Gasteiger partial charge in [-0.1, -0.05) is 43.3 Å². The SMILES string of the molecule is CCC12CC(O)(CF)C(O)(c3ccccc3)CC1CCc1cc(O)ccc12. The van der Waals surface area contributed by atoms with E-state index in [-0.39, 0.29) is 18.1 Å². The number of halogens is 1. The molecule has 0 aliphatic heterocycles. The molecule has 27 heavy (non-hydrogen) atoms. The van der Waals surface area contributed by atoms with Crippen molar-refractivity contribution < 1.29 is 19.7 Å². The van der Waals surface area contributed by atoms with Crippen LogP contribution in [0.25, 0.3) is 0 Å². The van der Waals surface area contributed by atoms with E-state index < -0.39 is 23.3 Å². The summed E-state index contributed by atoms with van der Waals surface area (Å²) in [4.78, 5) is 0. The number of alkyl halides is 1. The van der Waals surface area contributed by atoms with Crippen molar-refractivity contribution in [3.8, 4) is 5.75 Å². The first-order chi connectivity index (χ1) is 12.9. The van der Waals surface area contributed by atoms with Crippen molar-refractivity contribution in [1.29, 1.82) is 0 Å². The van der Waals surface area contributed by atoms with E-state index in [1.165, 1.54) is 0 Å². The Kier molecular flexibility index (Phi) is 4.32. The van der Waals surface area contributed by atoms with E-state index in [1.807, 2.05) is 24.3 Å². The fraction of sp³-hybridized carbons (Fsp3) is 0.478. The number of aromatic hydroxyl groups is 1. The monoisotopic (exact) mass is 370 g/mol. The molecular weight excluding hydrogens is 343 g/mol. The van der Waals surface area contributed by atoms with Gasteiger partial charge in [0.25, 0.3) is 0 Å². The summed E-state index contributed by atoms with van der Waals surface area (Å²) in [6.45, 7) is 1.07. The van der Waals surface area contributed by atoms with Gasteiger partial charge < -0.3 is 15.3 Å². The number of aryl methyl sites for hydroxylation is 1. The van der Waals surface area contributed by atoms with Crippen LogP contribution in [0.4, 0.5) is 4.39 Å². The van der Waals surface area contributed by atoms with E-state index in [4.69, 9.17) is 0 Å². The van der Waals surface area contributed by atoms with Crippen molar-refractivity contribution in [3.05, 3.63) is 65.2 Å². The van der Waals surface area contributed by atoms with E-state index in [0.29, 0.717) is 12.0 Å². The van der Waals surface area contributed by atoms with Crippen molar-refractivity contribution >= 4 is 0 Å². The third-order valence-electron chi connectivity index (χ3n) is 7.19. The van der Waals surface area contributed by atoms with E-state index in [2.05, 4.69) is 6.92 Å². The molecule has 144 valence electrons. The lowest BCUT2D eigenvalue weighted by molar-refractivity contribution is -0.220. The average molecular weight is 370 g/mol. The number of benzene rings is 2. The van der Waals surface area contributed by atoms with Gasteiger partial charge in [0.2, 0.25) is 0 Å². The highest BCUT2D eigenvalue weighted by Gasteiger charge is 2.62. The maximum Gasteiger partial charge on any atom is 0.126 e. The fourth-order valence-electron chi connectivity index (χ4n) is 5.71. The molecular formula is C23H27FO3. The third kappa shape index (κ3) is 2.54. The summed E-state index contributed by atoms with van der Waals surface area (Å²) in [7, 11) is 0. The summed E-state index contributed by atoms with van der Waals surface area (Å²) < 4.78 is 14.3. The van der Waals surface area contributed by atoms with Crippen LogP contribution in [0.2, 0.25) is 0 Å². The molecule has 2 aliphatic rings. The maximum atomic E-state index is 14.3. The predicted octanol–water partition coefficient (Wildman–Crippen LogP) is 3.98. The minimum atomic E-state index is -1.85. The van der Waals surface area contributed by atoms with Crippen LogP contribution in [-0.4, -0.2) is 27.6 Å². The summed E-state index contributed by atoms with van der Waals surface area (Å²) in [5.74, 6) is 0.368. The van der Waals surface area contributed by atoms with Crippen LogP contribution in [0.15, 0.2) is 48.5 Å². The smallest absolute Gasteiger partial charge is 0.126 e. The molecule has 0 aromatic heterocycles. The number of fused-ring (bicyclic) bond motifs is 3. The summed E-state index contributed by atoms with van der Waals surface area (Å²) in [5, 5.41) is 32.8. The first-order valence-corrected chi connectivity index (χ1v) is 9.77. The lowest BCUT2D eigenvalue weighted by atomic mass is 9.48. The molecule has 0 bridgehead atoms. The minimum absolute atomic E-state index is 0.136.